The second-order valence-corrected chi connectivity index (χ2v) is 4.20. The fourth-order valence-electron chi connectivity index (χ4n) is 1.73. The van der Waals surface area contributed by atoms with Crippen LogP contribution in [0.3, 0.4) is 0 Å². The van der Waals surface area contributed by atoms with Crippen LogP contribution in [0.15, 0.2) is 0 Å². The Bertz CT molecular complexity index is 206. The van der Waals surface area contributed by atoms with Gasteiger partial charge in [0.2, 0.25) is 0 Å². The summed E-state index contributed by atoms with van der Waals surface area (Å²) in [5.41, 5.74) is 0. The Balaban J connectivity index is 2.50. The highest BCUT2D eigenvalue weighted by Gasteiger charge is 2.30. The average Bonchev–Trinajstić information content (AvgIpc) is 2.46. The van der Waals surface area contributed by atoms with Gasteiger partial charge in [0.1, 0.15) is 6.04 Å². The van der Waals surface area contributed by atoms with E-state index in [2.05, 4.69) is 5.32 Å². The Hall–Kier alpha value is -0.610. The van der Waals surface area contributed by atoms with Crippen molar-refractivity contribution in [2.75, 3.05) is 6.61 Å². The molecule has 2 N–H and O–H groups in total. The maximum Gasteiger partial charge on any atom is 0.320 e. The average molecular weight is 201 g/mol. The van der Waals surface area contributed by atoms with Crippen LogP contribution in [-0.2, 0) is 9.53 Å². The van der Waals surface area contributed by atoms with Crippen LogP contribution in [0.1, 0.15) is 27.2 Å². The van der Waals surface area contributed by atoms with Crippen LogP contribution in [0.5, 0.6) is 0 Å². The smallest absolute Gasteiger partial charge is 0.320 e. The molecule has 4 heteroatoms. The van der Waals surface area contributed by atoms with Crippen LogP contribution < -0.4 is 5.32 Å². The number of carboxylic acid groups (broad SMARTS) is 1. The minimum atomic E-state index is -0.779. The Labute approximate surface area is 84.6 Å². The SMILES string of the molecule is CC(C)C(NC1CCOC1C)C(=O)O. The molecule has 14 heavy (non-hydrogen) atoms. The molecule has 0 radical (unpaired) electrons. The first-order valence-electron chi connectivity index (χ1n) is 5.13. The van der Waals surface area contributed by atoms with Crippen LogP contribution in [0, 0.1) is 5.92 Å². The Morgan fingerprint density at radius 3 is 2.57 bits per heavy atom. The van der Waals surface area contributed by atoms with Crippen LogP contribution >= 0.6 is 0 Å². The fraction of sp³-hybridized carbons (Fsp3) is 0.900. The van der Waals surface area contributed by atoms with Crippen molar-refractivity contribution in [2.24, 2.45) is 5.92 Å². The van der Waals surface area contributed by atoms with Gasteiger partial charge in [0.25, 0.3) is 0 Å². The number of carboxylic acids is 1. The lowest BCUT2D eigenvalue weighted by molar-refractivity contribution is -0.141. The topological polar surface area (TPSA) is 58.6 Å². The molecule has 0 aromatic rings. The van der Waals surface area contributed by atoms with Crippen LogP contribution in [-0.4, -0.2) is 35.9 Å². The Morgan fingerprint density at radius 1 is 1.57 bits per heavy atom. The molecule has 0 bridgehead atoms. The van der Waals surface area contributed by atoms with E-state index in [4.69, 9.17) is 9.84 Å². The summed E-state index contributed by atoms with van der Waals surface area (Å²) in [6, 6.07) is -0.289. The second-order valence-electron chi connectivity index (χ2n) is 4.20. The van der Waals surface area contributed by atoms with Crippen molar-refractivity contribution in [3.05, 3.63) is 0 Å². The monoisotopic (exact) mass is 201 g/mol. The molecule has 0 aromatic heterocycles. The lowest BCUT2D eigenvalue weighted by atomic mass is 10.0. The molecule has 82 valence electrons. The maximum atomic E-state index is 10.9. The van der Waals surface area contributed by atoms with Crippen LogP contribution in [0.2, 0.25) is 0 Å². The first kappa shape index (κ1) is 11.5. The van der Waals surface area contributed by atoms with Crippen molar-refractivity contribution in [2.45, 2.75) is 45.4 Å². The second kappa shape index (κ2) is 4.75. The molecule has 0 spiro atoms. The third-order valence-corrected chi connectivity index (χ3v) is 2.70. The maximum absolute atomic E-state index is 10.9. The number of nitrogens with one attached hydrogen (secondary N) is 1. The van der Waals surface area contributed by atoms with Crippen molar-refractivity contribution in [3.8, 4) is 0 Å². The summed E-state index contributed by atoms with van der Waals surface area (Å²) < 4.78 is 5.37. The molecule has 1 saturated heterocycles. The predicted molar refractivity (Wildman–Crippen MR) is 53.2 cm³/mol. The van der Waals surface area contributed by atoms with E-state index in [1.165, 1.54) is 0 Å². The predicted octanol–water partition coefficient (Wildman–Crippen LogP) is 0.863. The number of ether oxygens (including phenoxy) is 1. The molecule has 3 atom stereocenters. The number of aliphatic carboxylic acids is 1. The minimum absolute atomic E-state index is 0.0975. The van der Waals surface area contributed by atoms with Crippen LogP contribution in [0.4, 0.5) is 0 Å². The van der Waals surface area contributed by atoms with Crippen LogP contribution in [0.25, 0.3) is 0 Å². The highest BCUT2D eigenvalue weighted by atomic mass is 16.5. The lowest BCUT2D eigenvalue weighted by Crippen LogP contribution is -2.48. The molecule has 1 fully saturated rings. The quantitative estimate of drug-likeness (QED) is 0.708. The molecular weight excluding hydrogens is 182 g/mol. The van der Waals surface area contributed by atoms with E-state index < -0.39 is 12.0 Å². The molecule has 1 aliphatic rings. The molecular formula is C10H19NO3. The van der Waals surface area contributed by atoms with Gasteiger partial charge >= 0.3 is 5.97 Å². The first-order valence-corrected chi connectivity index (χ1v) is 5.13. The molecule has 1 aliphatic heterocycles. The van der Waals surface area contributed by atoms with Gasteiger partial charge in [-0.2, -0.15) is 0 Å². The van der Waals surface area contributed by atoms with Crippen molar-refractivity contribution in [1.29, 1.82) is 0 Å². The summed E-state index contributed by atoms with van der Waals surface area (Å²) in [5.74, 6) is -0.681. The Kier molecular flexibility index (Phi) is 3.89. The molecule has 4 nitrogen and oxygen atoms in total. The van der Waals surface area contributed by atoms with Crippen molar-refractivity contribution >= 4 is 5.97 Å². The van der Waals surface area contributed by atoms with Gasteiger partial charge in [-0.3, -0.25) is 10.1 Å². The molecule has 0 aliphatic carbocycles. The Morgan fingerprint density at radius 2 is 2.21 bits per heavy atom. The fourth-order valence-corrected chi connectivity index (χ4v) is 1.73. The van der Waals surface area contributed by atoms with Gasteiger partial charge < -0.3 is 9.84 Å². The first-order chi connectivity index (χ1) is 6.52. The van der Waals surface area contributed by atoms with Gasteiger partial charge in [0.05, 0.1) is 6.10 Å². The summed E-state index contributed by atoms with van der Waals surface area (Å²) in [4.78, 5) is 10.9. The number of rotatable bonds is 4. The van der Waals surface area contributed by atoms with Gasteiger partial charge in [0.15, 0.2) is 0 Å². The third-order valence-electron chi connectivity index (χ3n) is 2.70. The number of hydrogen-bond donors (Lipinski definition) is 2. The van der Waals surface area contributed by atoms with Gasteiger partial charge in [-0.1, -0.05) is 13.8 Å². The van der Waals surface area contributed by atoms with Gasteiger partial charge in [0, 0.05) is 12.6 Å². The van der Waals surface area contributed by atoms with E-state index in [1.807, 2.05) is 20.8 Å². The number of carbonyl (C=O) groups is 1. The zero-order valence-corrected chi connectivity index (χ0v) is 8.99. The summed E-state index contributed by atoms with van der Waals surface area (Å²) in [5, 5.41) is 12.1. The van der Waals surface area contributed by atoms with Gasteiger partial charge in [-0.05, 0) is 19.3 Å². The standard InChI is InChI=1S/C10H19NO3/c1-6(2)9(10(12)13)11-8-4-5-14-7(8)3/h6-9,11H,4-5H2,1-3H3,(H,12,13). The highest BCUT2D eigenvalue weighted by molar-refractivity contribution is 5.73. The van der Waals surface area contributed by atoms with E-state index in [-0.39, 0.29) is 18.1 Å². The van der Waals surface area contributed by atoms with Gasteiger partial charge in [-0.25, -0.2) is 0 Å². The molecule has 1 rings (SSSR count). The zero-order chi connectivity index (χ0) is 10.7. The molecule has 0 saturated carbocycles. The van der Waals surface area contributed by atoms with E-state index in [9.17, 15) is 4.79 Å². The summed E-state index contributed by atoms with van der Waals surface area (Å²) >= 11 is 0. The van der Waals surface area contributed by atoms with E-state index in [0.717, 1.165) is 13.0 Å². The van der Waals surface area contributed by atoms with Crippen molar-refractivity contribution in [3.63, 3.8) is 0 Å². The highest BCUT2D eigenvalue weighted by Crippen LogP contribution is 2.15. The molecule has 0 amide bonds. The molecule has 1 heterocycles. The van der Waals surface area contributed by atoms with E-state index in [1.54, 1.807) is 0 Å². The van der Waals surface area contributed by atoms with Crippen molar-refractivity contribution < 1.29 is 14.6 Å². The van der Waals surface area contributed by atoms with E-state index in [0.29, 0.717) is 0 Å². The van der Waals surface area contributed by atoms with Gasteiger partial charge in [-0.15, -0.1) is 0 Å². The summed E-state index contributed by atoms with van der Waals surface area (Å²) in [6.45, 7) is 6.52. The summed E-state index contributed by atoms with van der Waals surface area (Å²) in [6.07, 6.45) is 1.02. The third kappa shape index (κ3) is 2.69. The minimum Gasteiger partial charge on any atom is -0.480 e. The normalized spacial score (nSPS) is 29.4. The molecule has 0 aromatic carbocycles. The summed E-state index contributed by atoms with van der Waals surface area (Å²) in [7, 11) is 0. The molecule has 3 unspecified atom stereocenters. The van der Waals surface area contributed by atoms with Crippen molar-refractivity contribution in [1.82, 2.24) is 5.32 Å². The largest absolute Gasteiger partial charge is 0.480 e. The number of hydrogen-bond acceptors (Lipinski definition) is 3. The van der Waals surface area contributed by atoms with E-state index >= 15 is 0 Å². The lowest BCUT2D eigenvalue weighted by Gasteiger charge is -2.24. The zero-order valence-electron chi connectivity index (χ0n) is 8.99.